The zero-order valence-corrected chi connectivity index (χ0v) is 19.8. The van der Waals surface area contributed by atoms with Crippen molar-refractivity contribution in [2.24, 2.45) is 5.92 Å². The number of sulfone groups is 1. The molecule has 3 atom stereocenters. The predicted molar refractivity (Wildman–Crippen MR) is 128 cm³/mol. The van der Waals surface area contributed by atoms with Crippen molar-refractivity contribution in [3.05, 3.63) is 65.4 Å². The molecule has 1 heterocycles. The number of hydroxylamine groups is 1. The van der Waals surface area contributed by atoms with E-state index >= 15 is 0 Å². The summed E-state index contributed by atoms with van der Waals surface area (Å²) in [7, 11) is -3.77. The Morgan fingerprint density at radius 1 is 1.21 bits per heavy atom. The van der Waals surface area contributed by atoms with Gasteiger partial charge in [-0.1, -0.05) is 24.0 Å². The fourth-order valence-electron chi connectivity index (χ4n) is 4.00. The smallest absolute Gasteiger partial charge is 0.264 e. The highest BCUT2D eigenvalue weighted by Crippen LogP contribution is 2.46. The first-order valence-corrected chi connectivity index (χ1v) is 12.9. The summed E-state index contributed by atoms with van der Waals surface area (Å²) in [4.78, 5) is 12.0. The lowest BCUT2D eigenvalue weighted by Gasteiger charge is -2.24. The molecule has 0 aliphatic heterocycles. The zero-order valence-electron chi connectivity index (χ0n) is 19.0. The number of nitrogens with one attached hydrogen (secondary N) is 1. The van der Waals surface area contributed by atoms with E-state index in [0.717, 1.165) is 34.7 Å². The van der Waals surface area contributed by atoms with Crippen LogP contribution in [0.1, 0.15) is 42.4 Å². The van der Waals surface area contributed by atoms with Crippen molar-refractivity contribution in [2.75, 3.05) is 12.9 Å². The molecule has 8 nitrogen and oxygen atoms in total. The number of carbonyl (C=O) groups excluding carboxylic acids is 1. The van der Waals surface area contributed by atoms with Crippen LogP contribution in [0.4, 0.5) is 0 Å². The molecule has 0 bridgehead atoms. The number of hydrogen-bond acceptors (Lipinski definition) is 6. The molecule has 0 saturated heterocycles. The van der Waals surface area contributed by atoms with Crippen LogP contribution < -0.4 is 5.48 Å². The Kier molecular flexibility index (Phi) is 6.49. The van der Waals surface area contributed by atoms with E-state index in [2.05, 4.69) is 29.1 Å². The largest absolute Gasteiger partial charge is 0.396 e. The van der Waals surface area contributed by atoms with Gasteiger partial charge in [0, 0.05) is 42.1 Å². The van der Waals surface area contributed by atoms with Gasteiger partial charge in [-0.15, -0.1) is 0 Å². The summed E-state index contributed by atoms with van der Waals surface area (Å²) in [6, 6.07) is 13.7. The van der Waals surface area contributed by atoms with Gasteiger partial charge in [-0.25, -0.2) is 13.9 Å². The Morgan fingerprint density at radius 2 is 1.88 bits per heavy atom. The van der Waals surface area contributed by atoms with E-state index in [9.17, 15) is 18.3 Å². The van der Waals surface area contributed by atoms with E-state index in [-0.39, 0.29) is 19.6 Å². The van der Waals surface area contributed by atoms with Gasteiger partial charge < -0.3 is 5.11 Å². The van der Waals surface area contributed by atoms with Crippen molar-refractivity contribution in [1.82, 2.24) is 15.3 Å². The molecular weight excluding hydrogens is 454 g/mol. The monoisotopic (exact) mass is 481 g/mol. The average Bonchev–Trinajstić information content (AvgIpc) is 3.50. The number of aliphatic hydroxyl groups excluding tert-OH is 1. The molecule has 1 aliphatic carbocycles. The number of benzene rings is 2. The summed E-state index contributed by atoms with van der Waals surface area (Å²) in [6.07, 6.45) is 3.74. The molecule has 178 valence electrons. The van der Waals surface area contributed by atoms with Crippen LogP contribution in [-0.2, 0) is 21.2 Å². The highest BCUT2D eigenvalue weighted by molar-refractivity contribution is 7.92. The standard InChI is InChI=1S/C25H27N3O5S/c1-25(24(30)27-31,34(2,32)33)11-12-28-15-20-13-18(7-10-23(20)26-28)4-3-17-5-8-19(9-6-17)22-14-21(22)16-29/h5-10,13,15,21-22,29,31H,11-12,14,16H2,1-2H3,(H,27,30)/t21-,22?,25-/m1/s1. The number of fused-ring (bicyclic) bond motifs is 1. The number of aromatic nitrogens is 2. The highest BCUT2D eigenvalue weighted by Gasteiger charge is 2.43. The molecule has 3 aromatic rings. The zero-order chi connectivity index (χ0) is 24.5. The predicted octanol–water partition coefficient (Wildman–Crippen LogP) is 2.23. The van der Waals surface area contributed by atoms with E-state index in [1.54, 1.807) is 10.9 Å². The van der Waals surface area contributed by atoms with E-state index < -0.39 is 20.5 Å². The maximum Gasteiger partial charge on any atom is 0.264 e. The van der Waals surface area contributed by atoms with E-state index in [0.29, 0.717) is 11.8 Å². The molecule has 34 heavy (non-hydrogen) atoms. The molecule has 4 rings (SSSR count). The number of carbonyl (C=O) groups is 1. The third kappa shape index (κ3) is 4.85. The van der Waals surface area contributed by atoms with E-state index in [1.165, 1.54) is 18.0 Å². The molecule has 1 aliphatic rings. The topological polar surface area (TPSA) is 122 Å². The van der Waals surface area contributed by atoms with Gasteiger partial charge in [0.1, 0.15) is 0 Å². The van der Waals surface area contributed by atoms with Gasteiger partial charge in [0.15, 0.2) is 14.6 Å². The van der Waals surface area contributed by atoms with Gasteiger partial charge in [0.05, 0.1) is 5.52 Å². The van der Waals surface area contributed by atoms with Crippen LogP contribution in [0.3, 0.4) is 0 Å². The first-order chi connectivity index (χ1) is 16.1. The third-order valence-corrected chi connectivity index (χ3v) is 8.64. The van der Waals surface area contributed by atoms with E-state index in [4.69, 9.17) is 5.21 Å². The second kappa shape index (κ2) is 9.22. The maximum atomic E-state index is 12.1. The number of hydrogen-bond donors (Lipinski definition) is 3. The van der Waals surface area contributed by atoms with Gasteiger partial charge in [-0.05, 0) is 67.5 Å². The molecule has 1 fully saturated rings. The van der Waals surface area contributed by atoms with Crippen LogP contribution in [-0.4, -0.2) is 52.0 Å². The molecule has 1 saturated carbocycles. The minimum absolute atomic E-state index is 0.0468. The quantitative estimate of drug-likeness (QED) is 0.270. The van der Waals surface area contributed by atoms with Crippen LogP contribution >= 0.6 is 0 Å². The molecule has 2 aromatic carbocycles. The molecule has 0 radical (unpaired) electrons. The summed E-state index contributed by atoms with van der Waals surface area (Å²) in [5, 5.41) is 23.5. The van der Waals surface area contributed by atoms with Crippen molar-refractivity contribution < 1.29 is 23.5 Å². The summed E-state index contributed by atoms with van der Waals surface area (Å²) >= 11 is 0. The van der Waals surface area contributed by atoms with Crippen LogP contribution in [0.2, 0.25) is 0 Å². The Morgan fingerprint density at radius 3 is 2.50 bits per heavy atom. The fourth-order valence-corrected chi connectivity index (χ4v) is 4.84. The minimum atomic E-state index is -3.77. The molecule has 9 heteroatoms. The minimum Gasteiger partial charge on any atom is -0.396 e. The Bertz CT molecular complexity index is 1390. The lowest BCUT2D eigenvalue weighted by Crippen LogP contribution is -2.49. The van der Waals surface area contributed by atoms with Crippen LogP contribution in [0.5, 0.6) is 0 Å². The fraction of sp³-hybridized carbons (Fsp3) is 0.360. The van der Waals surface area contributed by atoms with Crippen molar-refractivity contribution in [2.45, 2.75) is 37.0 Å². The van der Waals surface area contributed by atoms with Gasteiger partial charge in [0.25, 0.3) is 5.91 Å². The highest BCUT2D eigenvalue weighted by atomic mass is 32.2. The van der Waals surface area contributed by atoms with Crippen LogP contribution in [0, 0.1) is 17.8 Å². The van der Waals surface area contributed by atoms with Gasteiger partial charge in [-0.3, -0.25) is 14.7 Å². The first-order valence-electron chi connectivity index (χ1n) is 11.0. The maximum absolute atomic E-state index is 12.1. The van der Waals surface area contributed by atoms with Crippen molar-refractivity contribution in [3.63, 3.8) is 0 Å². The van der Waals surface area contributed by atoms with Crippen molar-refractivity contribution in [3.8, 4) is 11.8 Å². The second-order valence-corrected chi connectivity index (χ2v) is 11.5. The first kappa shape index (κ1) is 24.0. The van der Waals surface area contributed by atoms with Gasteiger partial charge in [0.2, 0.25) is 0 Å². The van der Waals surface area contributed by atoms with Crippen LogP contribution in [0.25, 0.3) is 10.9 Å². The Balaban J connectivity index is 1.47. The normalized spacial score (nSPS) is 19.2. The lowest BCUT2D eigenvalue weighted by molar-refractivity contribution is -0.131. The summed E-state index contributed by atoms with van der Waals surface area (Å²) in [5.74, 6) is 6.20. The number of aryl methyl sites for hydroxylation is 1. The molecule has 1 amide bonds. The molecule has 1 aromatic heterocycles. The third-order valence-electron chi connectivity index (χ3n) is 6.62. The lowest BCUT2D eigenvalue weighted by atomic mass is 10.1. The number of aliphatic hydroxyl groups is 1. The molecule has 3 N–H and O–H groups in total. The van der Waals surface area contributed by atoms with Gasteiger partial charge >= 0.3 is 0 Å². The van der Waals surface area contributed by atoms with Crippen molar-refractivity contribution >= 4 is 26.6 Å². The molecule has 0 spiro atoms. The summed E-state index contributed by atoms with van der Waals surface area (Å²) in [5.41, 5.74) is 5.14. The molecular formula is C25H27N3O5S. The number of rotatable bonds is 7. The van der Waals surface area contributed by atoms with Gasteiger partial charge in [-0.2, -0.15) is 5.10 Å². The van der Waals surface area contributed by atoms with Crippen molar-refractivity contribution in [1.29, 1.82) is 0 Å². The molecule has 1 unspecified atom stereocenters. The average molecular weight is 482 g/mol. The van der Waals surface area contributed by atoms with E-state index in [1.807, 2.05) is 30.3 Å². The summed E-state index contributed by atoms with van der Waals surface area (Å²) < 4.78 is 24.1. The number of amides is 1. The van der Waals surface area contributed by atoms with Crippen LogP contribution in [0.15, 0.2) is 48.7 Å². The second-order valence-electron chi connectivity index (χ2n) is 9.02. The Hall–Kier alpha value is -3.19. The summed E-state index contributed by atoms with van der Waals surface area (Å²) in [6.45, 7) is 1.70. The number of nitrogens with zero attached hydrogens (tertiary/aromatic N) is 2. The SMILES string of the molecule is C[C@@](CCn1cc2cc(C#Cc3ccc(C4C[C@@H]4CO)cc3)ccc2n1)(C(=O)NO)S(C)(=O)=O. The Labute approximate surface area is 198 Å².